The minimum absolute atomic E-state index is 0.0899. The van der Waals surface area contributed by atoms with Gasteiger partial charge in [-0.25, -0.2) is 0 Å². The number of carbonyl (C=O) groups excluding carboxylic acids is 3. The lowest BCUT2D eigenvalue weighted by Crippen LogP contribution is -2.30. The molecule has 65 heavy (non-hydrogen) atoms. The van der Waals surface area contributed by atoms with Crippen molar-refractivity contribution in [2.24, 2.45) is 0 Å². The Hall–Kier alpha value is -3.15. The van der Waals surface area contributed by atoms with Crippen LogP contribution >= 0.6 is 0 Å². The first-order valence-corrected chi connectivity index (χ1v) is 27.4. The summed E-state index contributed by atoms with van der Waals surface area (Å²) in [5, 5.41) is 0. The summed E-state index contributed by atoms with van der Waals surface area (Å²) >= 11 is 0. The lowest BCUT2D eigenvalue weighted by molar-refractivity contribution is -0.167. The van der Waals surface area contributed by atoms with E-state index < -0.39 is 6.10 Å². The number of carbonyl (C=O) groups is 3. The van der Waals surface area contributed by atoms with Crippen molar-refractivity contribution in [2.75, 3.05) is 13.2 Å². The van der Waals surface area contributed by atoms with E-state index in [0.29, 0.717) is 19.3 Å². The molecule has 0 heterocycles. The summed E-state index contributed by atoms with van der Waals surface area (Å²) in [4.78, 5) is 38.1. The summed E-state index contributed by atoms with van der Waals surface area (Å²) in [6, 6.07) is 0. The van der Waals surface area contributed by atoms with Crippen molar-refractivity contribution in [3.8, 4) is 0 Å². The highest BCUT2D eigenvalue weighted by Gasteiger charge is 2.19. The zero-order valence-electron chi connectivity index (χ0n) is 42.7. The Balaban J connectivity index is 4.44. The summed E-state index contributed by atoms with van der Waals surface area (Å²) in [7, 11) is 0. The van der Waals surface area contributed by atoms with Gasteiger partial charge in [0, 0.05) is 19.3 Å². The second-order valence-electron chi connectivity index (χ2n) is 18.1. The second kappa shape index (κ2) is 53.5. The first kappa shape index (κ1) is 61.9. The molecule has 0 unspecified atom stereocenters. The number of hydrogen-bond acceptors (Lipinski definition) is 6. The van der Waals surface area contributed by atoms with Gasteiger partial charge in [0.15, 0.2) is 6.10 Å². The van der Waals surface area contributed by atoms with E-state index >= 15 is 0 Å². The number of rotatable bonds is 49. The highest BCUT2D eigenvalue weighted by Crippen LogP contribution is 2.14. The summed E-state index contributed by atoms with van der Waals surface area (Å²) in [5.41, 5.74) is 0. The molecule has 0 saturated heterocycles. The fourth-order valence-electron chi connectivity index (χ4n) is 7.47. The summed E-state index contributed by atoms with van der Waals surface area (Å²) < 4.78 is 16.8. The van der Waals surface area contributed by atoms with Gasteiger partial charge in [-0.3, -0.25) is 14.4 Å². The molecule has 374 valence electrons. The van der Waals surface area contributed by atoms with Crippen LogP contribution in [0.4, 0.5) is 0 Å². The zero-order valence-corrected chi connectivity index (χ0v) is 42.7. The van der Waals surface area contributed by atoms with E-state index in [-0.39, 0.29) is 31.1 Å². The third-order valence-electron chi connectivity index (χ3n) is 11.7. The van der Waals surface area contributed by atoms with Gasteiger partial charge in [0.2, 0.25) is 0 Å². The van der Waals surface area contributed by atoms with Gasteiger partial charge in [-0.15, -0.1) is 0 Å². The van der Waals surface area contributed by atoms with Gasteiger partial charge in [-0.2, -0.15) is 0 Å². The Morgan fingerprint density at radius 3 is 0.846 bits per heavy atom. The Morgan fingerprint density at radius 2 is 0.554 bits per heavy atom. The molecule has 0 spiro atoms. The maximum atomic E-state index is 12.8. The van der Waals surface area contributed by atoms with Crippen molar-refractivity contribution in [1.29, 1.82) is 0 Å². The largest absolute Gasteiger partial charge is 0.462 e. The first-order valence-electron chi connectivity index (χ1n) is 27.4. The Kier molecular flexibility index (Phi) is 50.9. The standard InChI is InChI=1S/C59H102O6/c1-4-7-10-13-16-19-22-25-28-29-32-34-37-40-43-46-49-52-58(61)64-55-56(65-59(62)53-50-47-44-41-38-35-31-27-24-21-18-15-12-9-6-3)54-63-57(60)51-48-45-42-39-36-33-30-26-23-20-17-14-11-8-5-2/h16-21,25-28,30-31,56H,4-15,22-24,29,32-55H2,1-3H3/b19-16+,20-17+,21-18+,28-25+,30-26+,31-27+/t56-/m1/s1. The van der Waals surface area contributed by atoms with Gasteiger partial charge in [-0.1, -0.05) is 203 Å². The van der Waals surface area contributed by atoms with Crippen LogP contribution in [0.15, 0.2) is 72.9 Å². The molecule has 0 amide bonds. The van der Waals surface area contributed by atoms with E-state index in [1.165, 1.54) is 109 Å². The Morgan fingerprint density at radius 1 is 0.308 bits per heavy atom. The van der Waals surface area contributed by atoms with Crippen LogP contribution in [0, 0.1) is 0 Å². The van der Waals surface area contributed by atoms with Crippen LogP contribution in [-0.2, 0) is 28.6 Å². The second-order valence-corrected chi connectivity index (χ2v) is 18.1. The highest BCUT2D eigenvalue weighted by atomic mass is 16.6. The quantitative estimate of drug-likeness (QED) is 0.0262. The molecule has 0 aromatic heterocycles. The first-order chi connectivity index (χ1) is 32.0. The molecule has 0 N–H and O–H groups in total. The molecule has 6 nitrogen and oxygen atoms in total. The molecule has 0 aliphatic rings. The molecule has 6 heteroatoms. The van der Waals surface area contributed by atoms with Crippen molar-refractivity contribution in [3.63, 3.8) is 0 Å². The molecule has 0 aromatic carbocycles. The lowest BCUT2D eigenvalue weighted by Gasteiger charge is -2.18. The maximum absolute atomic E-state index is 12.8. The zero-order chi connectivity index (χ0) is 47.2. The number of allylic oxidation sites excluding steroid dienone is 12. The molecule has 0 aliphatic heterocycles. The van der Waals surface area contributed by atoms with Crippen LogP contribution in [0.3, 0.4) is 0 Å². The lowest BCUT2D eigenvalue weighted by atomic mass is 10.1. The van der Waals surface area contributed by atoms with E-state index in [1.54, 1.807) is 0 Å². The third-order valence-corrected chi connectivity index (χ3v) is 11.7. The molecule has 0 fully saturated rings. The molecule has 0 aromatic rings. The fourth-order valence-corrected chi connectivity index (χ4v) is 7.47. The van der Waals surface area contributed by atoms with E-state index in [4.69, 9.17) is 14.2 Å². The molecular formula is C59H102O6. The summed E-state index contributed by atoms with van der Waals surface area (Å²) in [5.74, 6) is -0.921. The van der Waals surface area contributed by atoms with E-state index in [9.17, 15) is 14.4 Å². The van der Waals surface area contributed by atoms with E-state index in [2.05, 4.69) is 93.7 Å². The van der Waals surface area contributed by atoms with Crippen LogP contribution in [0.2, 0.25) is 0 Å². The SMILES string of the molecule is CCCCC/C=C/C/C=C/CCCCCCCCCC(=O)OC[C@@H](COC(=O)CCCCCCC/C=C/C/C=C/CCCCC)OC(=O)CCCCCCC/C=C/C/C=C/CCCCC. The summed E-state index contributed by atoms with van der Waals surface area (Å²) in [6.45, 7) is 6.54. The predicted molar refractivity (Wildman–Crippen MR) is 279 cm³/mol. The van der Waals surface area contributed by atoms with Crippen LogP contribution in [0.1, 0.15) is 265 Å². The minimum atomic E-state index is -0.792. The van der Waals surface area contributed by atoms with Crippen molar-refractivity contribution >= 4 is 17.9 Å². The number of esters is 3. The van der Waals surface area contributed by atoms with Crippen molar-refractivity contribution in [1.82, 2.24) is 0 Å². The molecule has 0 radical (unpaired) electrons. The van der Waals surface area contributed by atoms with Crippen molar-refractivity contribution in [2.45, 2.75) is 271 Å². The van der Waals surface area contributed by atoms with Crippen LogP contribution < -0.4 is 0 Å². The van der Waals surface area contributed by atoms with Gasteiger partial charge in [0.1, 0.15) is 13.2 Å². The number of hydrogen-bond donors (Lipinski definition) is 0. The monoisotopic (exact) mass is 907 g/mol. The van der Waals surface area contributed by atoms with Gasteiger partial charge >= 0.3 is 17.9 Å². The van der Waals surface area contributed by atoms with Crippen LogP contribution in [-0.4, -0.2) is 37.2 Å². The van der Waals surface area contributed by atoms with E-state index in [1.807, 2.05) is 0 Å². The molecule has 0 saturated carbocycles. The average molecular weight is 907 g/mol. The molecular weight excluding hydrogens is 805 g/mol. The topological polar surface area (TPSA) is 78.9 Å². The van der Waals surface area contributed by atoms with Gasteiger partial charge in [0.05, 0.1) is 0 Å². The third kappa shape index (κ3) is 51.7. The molecule has 0 aliphatic carbocycles. The fraction of sp³-hybridized carbons (Fsp3) is 0.746. The van der Waals surface area contributed by atoms with E-state index in [0.717, 1.165) is 116 Å². The van der Waals surface area contributed by atoms with Gasteiger partial charge < -0.3 is 14.2 Å². The molecule has 1 atom stereocenters. The molecule has 0 rings (SSSR count). The average Bonchev–Trinajstić information content (AvgIpc) is 3.30. The van der Waals surface area contributed by atoms with Crippen LogP contribution in [0.25, 0.3) is 0 Å². The smallest absolute Gasteiger partial charge is 0.306 e. The Labute approximate surface area is 402 Å². The van der Waals surface area contributed by atoms with Gasteiger partial charge in [0.25, 0.3) is 0 Å². The molecule has 0 bridgehead atoms. The van der Waals surface area contributed by atoms with Crippen molar-refractivity contribution < 1.29 is 28.6 Å². The Bertz CT molecular complexity index is 1230. The van der Waals surface area contributed by atoms with Gasteiger partial charge in [-0.05, 0) is 116 Å². The number of ether oxygens (including phenoxy) is 3. The number of unbranched alkanes of at least 4 members (excludes halogenated alkanes) is 26. The summed E-state index contributed by atoms with van der Waals surface area (Å²) in [6.07, 6.45) is 67.3. The normalized spacial score (nSPS) is 12.6. The highest BCUT2D eigenvalue weighted by molar-refractivity contribution is 5.71. The van der Waals surface area contributed by atoms with Crippen LogP contribution in [0.5, 0.6) is 0 Å². The predicted octanol–water partition coefficient (Wildman–Crippen LogP) is 18.2. The minimum Gasteiger partial charge on any atom is -0.462 e. The van der Waals surface area contributed by atoms with Crippen molar-refractivity contribution in [3.05, 3.63) is 72.9 Å². The maximum Gasteiger partial charge on any atom is 0.306 e.